The lowest BCUT2D eigenvalue weighted by atomic mass is 9.96. The van der Waals surface area contributed by atoms with E-state index in [1.54, 1.807) is 4.68 Å². The third-order valence-electron chi connectivity index (χ3n) is 7.45. The third kappa shape index (κ3) is 5.11. The van der Waals surface area contributed by atoms with Crippen molar-refractivity contribution in [1.82, 2.24) is 19.7 Å². The maximum Gasteiger partial charge on any atom is 0.325 e. The van der Waals surface area contributed by atoms with Crippen molar-refractivity contribution in [2.75, 3.05) is 31.6 Å². The molecule has 0 bridgehead atoms. The predicted octanol–water partition coefficient (Wildman–Crippen LogP) is 4.18. The zero-order valence-corrected chi connectivity index (χ0v) is 21.6. The molecule has 36 heavy (non-hydrogen) atoms. The van der Waals surface area contributed by atoms with Crippen molar-refractivity contribution >= 4 is 22.7 Å². The monoisotopic (exact) mass is 491 g/mol. The van der Waals surface area contributed by atoms with Gasteiger partial charge in [0.1, 0.15) is 11.9 Å². The summed E-state index contributed by atoms with van der Waals surface area (Å²) < 4.78 is 7.87. The van der Waals surface area contributed by atoms with Crippen LogP contribution in [0.15, 0.2) is 24.3 Å². The maximum atomic E-state index is 12.3. The number of carboxylic acids is 1. The van der Waals surface area contributed by atoms with Crippen molar-refractivity contribution in [2.45, 2.75) is 64.5 Å². The van der Waals surface area contributed by atoms with E-state index in [1.165, 1.54) is 12.0 Å². The molecule has 2 N–H and O–H groups in total. The summed E-state index contributed by atoms with van der Waals surface area (Å²) in [6, 6.07) is 7.76. The Hall–Kier alpha value is -2.97. The molecular weight excluding hydrogens is 454 g/mol. The average Bonchev–Trinajstić information content (AvgIpc) is 3.11. The fourth-order valence-electron chi connectivity index (χ4n) is 5.60. The van der Waals surface area contributed by atoms with Crippen molar-refractivity contribution in [2.24, 2.45) is 7.05 Å². The van der Waals surface area contributed by atoms with Gasteiger partial charge in [-0.2, -0.15) is 5.10 Å². The van der Waals surface area contributed by atoms with E-state index in [4.69, 9.17) is 9.72 Å². The van der Waals surface area contributed by atoms with Crippen LogP contribution in [0.25, 0.3) is 10.9 Å². The second kappa shape index (κ2) is 10.6. The van der Waals surface area contributed by atoms with E-state index < -0.39 is 12.0 Å². The molecule has 1 aromatic carbocycles. The lowest BCUT2D eigenvalue weighted by Crippen LogP contribution is -2.55. The topological polar surface area (TPSA) is 92.5 Å². The van der Waals surface area contributed by atoms with E-state index in [0.29, 0.717) is 19.7 Å². The Morgan fingerprint density at radius 3 is 2.86 bits per heavy atom. The first kappa shape index (κ1) is 24.7. The number of hydrogen-bond acceptors (Lipinski definition) is 6. The van der Waals surface area contributed by atoms with Crippen LogP contribution in [-0.2, 0) is 29.4 Å². The van der Waals surface area contributed by atoms with Crippen molar-refractivity contribution < 1.29 is 14.6 Å². The SMILES string of the molecule is Cc1cc(C(C(=O)O)N2CC(OCCCCCc3ccc4c(n3)NCCC4)C2)c2c(c1)c(C)nn2C. The number of ether oxygens (including phenoxy) is 1. The van der Waals surface area contributed by atoms with Crippen LogP contribution in [-0.4, -0.2) is 63.1 Å². The maximum absolute atomic E-state index is 12.3. The average molecular weight is 492 g/mol. The predicted molar refractivity (Wildman–Crippen MR) is 140 cm³/mol. The molecule has 0 amide bonds. The van der Waals surface area contributed by atoms with Crippen molar-refractivity contribution in [3.05, 3.63) is 52.3 Å². The number of nitrogens with one attached hydrogen (secondary N) is 1. The number of aryl methyl sites for hydroxylation is 5. The largest absolute Gasteiger partial charge is 0.480 e. The minimum atomic E-state index is -0.829. The molecule has 1 unspecified atom stereocenters. The molecule has 0 spiro atoms. The number of carboxylic acid groups (broad SMARTS) is 1. The fourth-order valence-corrected chi connectivity index (χ4v) is 5.60. The van der Waals surface area contributed by atoms with Gasteiger partial charge in [0.2, 0.25) is 0 Å². The van der Waals surface area contributed by atoms with Crippen LogP contribution in [0, 0.1) is 13.8 Å². The first-order valence-electron chi connectivity index (χ1n) is 13.2. The summed E-state index contributed by atoms with van der Waals surface area (Å²) >= 11 is 0. The molecule has 1 atom stereocenters. The fraction of sp³-hybridized carbons (Fsp3) is 0.536. The van der Waals surface area contributed by atoms with Gasteiger partial charge in [0.25, 0.3) is 0 Å². The highest BCUT2D eigenvalue weighted by atomic mass is 16.5. The van der Waals surface area contributed by atoms with E-state index in [1.807, 2.05) is 31.9 Å². The normalized spacial score (nSPS) is 17.0. The molecule has 8 heteroatoms. The molecule has 1 fully saturated rings. The van der Waals surface area contributed by atoms with Crippen LogP contribution < -0.4 is 5.32 Å². The minimum absolute atomic E-state index is 0.0915. The van der Waals surface area contributed by atoms with E-state index in [0.717, 1.165) is 77.9 Å². The molecule has 0 saturated carbocycles. The van der Waals surface area contributed by atoms with Gasteiger partial charge in [0, 0.05) is 49.9 Å². The number of aromatic nitrogens is 3. The Balaban J connectivity index is 1.08. The molecule has 5 rings (SSSR count). The number of fused-ring (bicyclic) bond motifs is 2. The molecule has 0 aliphatic carbocycles. The number of nitrogens with zero attached hydrogens (tertiary/aromatic N) is 4. The van der Waals surface area contributed by atoms with Crippen LogP contribution in [0.4, 0.5) is 5.82 Å². The third-order valence-corrected chi connectivity index (χ3v) is 7.45. The number of carbonyl (C=O) groups is 1. The van der Waals surface area contributed by atoms with Crippen LogP contribution in [0.3, 0.4) is 0 Å². The first-order valence-corrected chi connectivity index (χ1v) is 13.2. The second-order valence-corrected chi connectivity index (χ2v) is 10.3. The van der Waals surface area contributed by atoms with E-state index in [2.05, 4.69) is 28.6 Å². The van der Waals surface area contributed by atoms with Gasteiger partial charge in [-0.05, 0) is 69.2 Å². The summed E-state index contributed by atoms with van der Waals surface area (Å²) in [5, 5.41) is 19.1. The number of likely N-dealkylation sites (tertiary alicyclic amines) is 1. The van der Waals surface area contributed by atoms with Crippen molar-refractivity contribution in [3.8, 4) is 0 Å². The summed E-state index contributed by atoms with van der Waals surface area (Å²) in [7, 11) is 1.88. The highest BCUT2D eigenvalue weighted by Gasteiger charge is 2.39. The van der Waals surface area contributed by atoms with Gasteiger partial charge in [-0.1, -0.05) is 18.6 Å². The number of aliphatic carboxylic acids is 1. The summed E-state index contributed by atoms with van der Waals surface area (Å²) in [5.74, 6) is 0.242. The van der Waals surface area contributed by atoms with Gasteiger partial charge in [0.05, 0.1) is 17.3 Å². The quantitative estimate of drug-likeness (QED) is 0.411. The Morgan fingerprint density at radius 2 is 2.06 bits per heavy atom. The molecule has 3 aromatic rings. The van der Waals surface area contributed by atoms with Gasteiger partial charge in [-0.15, -0.1) is 0 Å². The van der Waals surface area contributed by atoms with Gasteiger partial charge in [0.15, 0.2) is 0 Å². The summed E-state index contributed by atoms with van der Waals surface area (Å²) in [6.45, 7) is 6.98. The second-order valence-electron chi connectivity index (χ2n) is 10.3. The standard InChI is InChI=1S/C28H37N5O3/c1-18-14-23-19(2)31-32(3)25(23)24(15-18)26(28(34)35)33-16-22(17-33)36-13-6-4-5-9-21-11-10-20-8-7-12-29-27(20)30-21/h10-11,14-15,22,26H,4-9,12-13,16-17H2,1-3H3,(H,29,30)(H,34,35). The molecule has 192 valence electrons. The van der Waals surface area contributed by atoms with Crippen LogP contribution in [0.1, 0.15) is 59.8 Å². The molecular formula is C28H37N5O3. The Kier molecular flexibility index (Phi) is 7.25. The Morgan fingerprint density at radius 1 is 1.22 bits per heavy atom. The number of unbranched alkanes of at least 4 members (excludes halogenated alkanes) is 2. The Bertz CT molecular complexity index is 1250. The minimum Gasteiger partial charge on any atom is -0.480 e. The molecule has 4 heterocycles. The summed E-state index contributed by atoms with van der Waals surface area (Å²) in [5.41, 5.74) is 6.18. The van der Waals surface area contributed by atoms with Gasteiger partial charge in [-0.3, -0.25) is 14.4 Å². The zero-order chi connectivity index (χ0) is 25.2. The number of hydrogen-bond donors (Lipinski definition) is 2. The van der Waals surface area contributed by atoms with Crippen LogP contribution >= 0.6 is 0 Å². The summed E-state index contributed by atoms with van der Waals surface area (Å²) in [4.78, 5) is 19.1. The molecule has 8 nitrogen and oxygen atoms in total. The molecule has 2 aliphatic rings. The lowest BCUT2D eigenvalue weighted by molar-refractivity contribution is -0.150. The zero-order valence-electron chi connectivity index (χ0n) is 21.6. The van der Waals surface area contributed by atoms with Crippen molar-refractivity contribution in [1.29, 1.82) is 0 Å². The van der Waals surface area contributed by atoms with Gasteiger partial charge in [-0.25, -0.2) is 4.98 Å². The molecule has 2 aliphatic heterocycles. The van der Waals surface area contributed by atoms with E-state index in [9.17, 15) is 9.90 Å². The van der Waals surface area contributed by atoms with Gasteiger partial charge < -0.3 is 15.2 Å². The van der Waals surface area contributed by atoms with Crippen LogP contribution in [0.5, 0.6) is 0 Å². The highest BCUT2D eigenvalue weighted by Crippen LogP contribution is 2.34. The lowest BCUT2D eigenvalue weighted by Gasteiger charge is -2.42. The smallest absolute Gasteiger partial charge is 0.325 e. The van der Waals surface area contributed by atoms with Crippen LogP contribution in [0.2, 0.25) is 0 Å². The van der Waals surface area contributed by atoms with Gasteiger partial charge >= 0.3 is 5.97 Å². The number of rotatable bonds is 10. The van der Waals surface area contributed by atoms with E-state index >= 15 is 0 Å². The highest BCUT2D eigenvalue weighted by molar-refractivity contribution is 5.90. The molecule has 1 saturated heterocycles. The number of anilines is 1. The Labute approximate surface area is 212 Å². The number of benzene rings is 1. The molecule has 2 aromatic heterocycles. The van der Waals surface area contributed by atoms with E-state index in [-0.39, 0.29) is 6.10 Å². The summed E-state index contributed by atoms with van der Waals surface area (Å²) in [6.07, 6.45) is 6.59. The number of pyridine rings is 1. The van der Waals surface area contributed by atoms with Crippen molar-refractivity contribution in [3.63, 3.8) is 0 Å². The first-order chi connectivity index (χ1) is 17.4. The molecule has 0 radical (unpaired) electrons.